The zero-order chi connectivity index (χ0) is 12.6. The number of hydrogen-bond donors (Lipinski definition) is 1. The monoisotopic (exact) mass is 252 g/mol. The average molecular weight is 252 g/mol. The second kappa shape index (κ2) is 5.10. The first-order valence-corrected chi connectivity index (χ1v) is 7.76. The first-order valence-electron chi connectivity index (χ1n) is 7.76. The van der Waals surface area contributed by atoms with E-state index in [-0.39, 0.29) is 5.60 Å². The summed E-state index contributed by atoms with van der Waals surface area (Å²) in [6, 6.07) is 0.752. The van der Waals surface area contributed by atoms with Gasteiger partial charge in [0.25, 0.3) is 0 Å². The molecule has 2 aliphatic heterocycles. The third kappa shape index (κ3) is 3.25. The molecular weight excluding hydrogens is 224 g/mol. The summed E-state index contributed by atoms with van der Waals surface area (Å²) in [6.07, 6.45) is 7.11. The van der Waals surface area contributed by atoms with Crippen LogP contribution >= 0.6 is 0 Å². The average Bonchev–Trinajstić information content (AvgIpc) is 3.08. The van der Waals surface area contributed by atoms with Gasteiger partial charge in [0.05, 0.1) is 11.7 Å². The molecule has 1 N–H and O–H groups in total. The molecule has 3 nitrogen and oxygen atoms in total. The fourth-order valence-corrected chi connectivity index (χ4v) is 3.50. The molecule has 1 aliphatic carbocycles. The first kappa shape index (κ1) is 12.9. The van der Waals surface area contributed by atoms with E-state index in [1.165, 1.54) is 51.7 Å². The van der Waals surface area contributed by atoms with E-state index in [9.17, 15) is 0 Å². The third-order valence-electron chi connectivity index (χ3n) is 4.72. The summed E-state index contributed by atoms with van der Waals surface area (Å²) in [6.45, 7) is 9.29. The Balaban J connectivity index is 1.51. The molecule has 0 bridgehead atoms. The van der Waals surface area contributed by atoms with Crippen molar-refractivity contribution in [3.05, 3.63) is 0 Å². The van der Waals surface area contributed by atoms with Crippen molar-refractivity contribution in [3.63, 3.8) is 0 Å². The summed E-state index contributed by atoms with van der Waals surface area (Å²) < 4.78 is 6.14. The van der Waals surface area contributed by atoms with Gasteiger partial charge in [-0.25, -0.2) is 0 Å². The van der Waals surface area contributed by atoms with E-state index < -0.39 is 0 Å². The van der Waals surface area contributed by atoms with Gasteiger partial charge in [-0.15, -0.1) is 0 Å². The summed E-state index contributed by atoms with van der Waals surface area (Å²) in [5.74, 6) is 0.964. The highest BCUT2D eigenvalue weighted by Crippen LogP contribution is 2.34. The van der Waals surface area contributed by atoms with Crippen molar-refractivity contribution in [2.45, 2.75) is 63.7 Å². The number of rotatable bonds is 3. The Morgan fingerprint density at radius 2 is 2.11 bits per heavy atom. The number of hydrogen-bond acceptors (Lipinski definition) is 3. The highest BCUT2D eigenvalue weighted by Gasteiger charge is 2.36. The second-order valence-electron chi connectivity index (χ2n) is 7.05. The highest BCUT2D eigenvalue weighted by molar-refractivity contribution is 4.91. The highest BCUT2D eigenvalue weighted by atomic mass is 16.5. The summed E-state index contributed by atoms with van der Waals surface area (Å²) >= 11 is 0. The molecule has 0 spiro atoms. The second-order valence-corrected chi connectivity index (χ2v) is 7.05. The van der Waals surface area contributed by atoms with Gasteiger partial charge in [0.1, 0.15) is 0 Å². The van der Waals surface area contributed by atoms with E-state index in [1.54, 1.807) is 0 Å². The largest absolute Gasteiger partial charge is 0.371 e. The Morgan fingerprint density at radius 3 is 2.78 bits per heavy atom. The minimum atomic E-state index is 0.116. The summed E-state index contributed by atoms with van der Waals surface area (Å²) in [5, 5.41) is 3.73. The van der Waals surface area contributed by atoms with Gasteiger partial charge < -0.3 is 10.1 Å². The van der Waals surface area contributed by atoms with Crippen LogP contribution in [0, 0.1) is 5.92 Å². The molecule has 18 heavy (non-hydrogen) atoms. The lowest BCUT2D eigenvalue weighted by Gasteiger charge is -2.28. The van der Waals surface area contributed by atoms with Crippen LogP contribution in [0.25, 0.3) is 0 Å². The molecule has 1 saturated carbocycles. The Labute approximate surface area is 111 Å². The maximum absolute atomic E-state index is 6.14. The lowest BCUT2D eigenvalue weighted by Crippen LogP contribution is -2.42. The lowest BCUT2D eigenvalue weighted by molar-refractivity contribution is -0.0288. The van der Waals surface area contributed by atoms with E-state index in [1.807, 2.05) is 0 Å². The van der Waals surface area contributed by atoms with Crippen molar-refractivity contribution >= 4 is 0 Å². The Kier molecular flexibility index (Phi) is 3.65. The van der Waals surface area contributed by atoms with Crippen LogP contribution in [0.15, 0.2) is 0 Å². The van der Waals surface area contributed by atoms with Crippen molar-refractivity contribution in [1.29, 1.82) is 0 Å². The van der Waals surface area contributed by atoms with Crippen LogP contribution < -0.4 is 5.32 Å². The van der Waals surface area contributed by atoms with Crippen molar-refractivity contribution in [3.8, 4) is 0 Å². The molecule has 104 valence electrons. The molecule has 0 aromatic rings. The summed E-state index contributed by atoms with van der Waals surface area (Å²) in [4.78, 5) is 2.65. The van der Waals surface area contributed by atoms with E-state index in [4.69, 9.17) is 4.74 Å². The Bertz CT molecular complexity index is 288. The smallest absolute Gasteiger partial charge is 0.0710 e. The standard InChI is InChI=1S/C15H28N2O/c1-15(2)7-6-13(18-15)10-17-9-3-8-16-14(11-17)12-4-5-12/h12-14,16H,3-11H2,1-2H3. The number of nitrogens with one attached hydrogen (secondary N) is 1. The maximum atomic E-state index is 6.14. The molecule has 2 unspecified atom stereocenters. The van der Waals surface area contributed by atoms with Gasteiger partial charge in [0, 0.05) is 19.1 Å². The van der Waals surface area contributed by atoms with E-state index in [0.29, 0.717) is 6.10 Å². The lowest BCUT2D eigenvalue weighted by atomic mass is 10.1. The van der Waals surface area contributed by atoms with Gasteiger partial charge in [-0.05, 0) is 65.0 Å². The van der Waals surface area contributed by atoms with Crippen LogP contribution in [0.2, 0.25) is 0 Å². The van der Waals surface area contributed by atoms with E-state index >= 15 is 0 Å². The molecule has 0 aromatic carbocycles. The van der Waals surface area contributed by atoms with Crippen LogP contribution in [0.5, 0.6) is 0 Å². The van der Waals surface area contributed by atoms with Crippen molar-refractivity contribution in [2.75, 3.05) is 26.2 Å². The minimum Gasteiger partial charge on any atom is -0.371 e. The summed E-state index contributed by atoms with van der Waals surface area (Å²) in [7, 11) is 0. The van der Waals surface area contributed by atoms with Gasteiger partial charge >= 0.3 is 0 Å². The van der Waals surface area contributed by atoms with Gasteiger partial charge in [0.2, 0.25) is 0 Å². The normalized spacial score (nSPS) is 37.7. The fourth-order valence-electron chi connectivity index (χ4n) is 3.50. The molecular formula is C15H28N2O. The molecule has 3 rings (SSSR count). The van der Waals surface area contributed by atoms with Crippen LogP contribution in [-0.4, -0.2) is 48.8 Å². The molecule has 3 heteroatoms. The minimum absolute atomic E-state index is 0.116. The summed E-state index contributed by atoms with van der Waals surface area (Å²) in [5.41, 5.74) is 0.116. The quantitative estimate of drug-likeness (QED) is 0.831. The van der Waals surface area contributed by atoms with Crippen LogP contribution in [0.4, 0.5) is 0 Å². The predicted molar refractivity (Wildman–Crippen MR) is 73.8 cm³/mol. The predicted octanol–water partition coefficient (Wildman–Crippen LogP) is 2.02. The third-order valence-corrected chi connectivity index (χ3v) is 4.72. The Morgan fingerprint density at radius 1 is 1.28 bits per heavy atom. The first-order chi connectivity index (χ1) is 8.62. The SMILES string of the molecule is CC1(C)CCC(CN2CCCNC(C3CC3)C2)O1. The van der Waals surface area contributed by atoms with Gasteiger partial charge in [-0.2, -0.15) is 0 Å². The topological polar surface area (TPSA) is 24.5 Å². The molecule has 3 aliphatic rings. The Hall–Kier alpha value is -0.120. The van der Waals surface area contributed by atoms with Gasteiger partial charge in [-0.3, -0.25) is 4.90 Å². The molecule has 2 atom stereocenters. The molecule has 0 aromatic heterocycles. The number of ether oxygens (including phenoxy) is 1. The van der Waals surface area contributed by atoms with Gasteiger partial charge in [-0.1, -0.05) is 0 Å². The van der Waals surface area contributed by atoms with E-state index in [0.717, 1.165) is 18.5 Å². The molecule has 0 amide bonds. The van der Waals surface area contributed by atoms with Crippen LogP contribution in [0.3, 0.4) is 0 Å². The van der Waals surface area contributed by atoms with Crippen LogP contribution in [0.1, 0.15) is 46.0 Å². The molecule has 0 radical (unpaired) electrons. The fraction of sp³-hybridized carbons (Fsp3) is 1.00. The maximum Gasteiger partial charge on any atom is 0.0710 e. The van der Waals surface area contributed by atoms with Crippen molar-refractivity contribution < 1.29 is 4.74 Å². The van der Waals surface area contributed by atoms with Crippen LogP contribution in [-0.2, 0) is 4.74 Å². The van der Waals surface area contributed by atoms with Crippen molar-refractivity contribution in [2.24, 2.45) is 5.92 Å². The zero-order valence-corrected chi connectivity index (χ0v) is 12.0. The molecule has 2 heterocycles. The van der Waals surface area contributed by atoms with E-state index in [2.05, 4.69) is 24.1 Å². The van der Waals surface area contributed by atoms with Gasteiger partial charge in [0.15, 0.2) is 0 Å². The zero-order valence-electron chi connectivity index (χ0n) is 12.0. The number of nitrogens with zero attached hydrogens (tertiary/aromatic N) is 1. The molecule has 3 fully saturated rings. The molecule has 2 saturated heterocycles. The van der Waals surface area contributed by atoms with Crippen molar-refractivity contribution in [1.82, 2.24) is 10.2 Å².